The van der Waals surface area contributed by atoms with Gasteiger partial charge in [-0.25, -0.2) is 8.42 Å². The highest BCUT2D eigenvalue weighted by atomic mass is 35.5. The van der Waals surface area contributed by atoms with E-state index in [0.29, 0.717) is 21.3 Å². The summed E-state index contributed by atoms with van der Waals surface area (Å²) in [6.07, 6.45) is 3.84. The second-order valence-corrected chi connectivity index (χ2v) is 9.90. The summed E-state index contributed by atoms with van der Waals surface area (Å²) in [5.41, 5.74) is 1.15. The molecule has 27 heavy (non-hydrogen) atoms. The molecule has 0 aliphatic carbocycles. The maximum atomic E-state index is 13.0. The van der Waals surface area contributed by atoms with Crippen LogP contribution >= 0.6 is 11.6 Å². The summed E-state index contributed by atoms with van der Waals surface area (Å²) >= 11 is 5.93. The van der Waals surface area contributed by atoms with E-state index in [1.165, 1.54) is 0 Å². The second kappa shape index (κ2) is 7.11. The van der Waals surface area contributed by atoms with Gasteiger partial charge < -0.3 is 4.74 Å². The second-order valence-electron chi connectivity index (χ2n) is 7.57. The van der Waals surface area contributed by atoms with Crippen molar-refractivity contribution in [2.75, 3.05) is 5.88 Å². The largest absolute Gasteiger partial charge is 0.490 e. The summed E-state index contributed by atoms with van der Waals surface area (Å²) in [7, 11) is -3.41. The summed E-state index contributed by atoms with van der Waals surface area (Å²) < 4.78 is 32.1. The summed E-state index contributed by atoms with van der Waals surface area (Å²) in [6, 6.07) is 7.88. The Hall–Kier alpha value is -1.57. The van der Waals surface area contributed by atoms with Crippen molar-refractivity contribution < 1.29 is 13.2 Å². The number of nitrogens with one attached hydrogen (secondary N) is 1. The van der Waals surface area contributed by atoms with Crippen LogP contribution in [0.3, 0.4) is 0 Å². The molecular weight excluding hydrogens is 386 g/mol. The molecule has 4 rings (SSSR count). The molecule has 0 spiro atoms. The van der Waals surface area contributed by atoms with Crippen molar-refractivity contribution in [3.8, 4) is 5.75 Å². The number of benzene rings is 1. The molecule has 1 aromatic carbocycles. The Balaban J connectivity index is 1.46. The normalized spacial score (nSPS) is 25.7. The maximum Gasteiger partial charge on any atom is 0.195 e. The van der Waals surface area contributed by atoms with Gasteiger partial charge in [0.05, 0.1) is 11.4 Å². The highest BCUT2D eigenvalue weighted by molar-refractivity contribution is 7.91. The van der Waals surface area contributed by atoms with Gasteiger partial charge in [-0.05, 0) is 63.8 Å². The third kappa shape index (κ3) is 3.73. The highest BCUT2D eigenvalue weighted by Crippen LogP contribution is 2.38. The molecule has 146 valence electrons. The molecule has 1 aromatic heterocycles. The van der Waals surface area contributed by atoms with E-state index in [2.05, 4.69) is 15.1 Å². The summed E-state index contributed by atoms with van der Waals surface area (Å²) in [4.78, 5) is 2.50. The zero-order valence-corrected chi connectivity index (χ0v) is 17.1. The van der Waals surface area contributed by atoms with Crippen molar-refractivity contribution in [1.29, 1.82) is 0 Å². The lowest BCUT2D eigenvalue weighted by Gasteiger charge is -2.38. The quantitative estimate of drug-likeness (QED) is 0.818. The first-order valence-electron chi connectivity index (χ1n) is 9.26. The average molecular weight is 410 g/mol. The first kappa shape index (κ1) is 18.8. The number of aromatic nitrogens is 2. The summed E-state index contributed by atoms with van der Waals surface area (Å²) in [5.74, 6) is 0.867. The van der Waals surface area contributed by atoms with E-state index in [1.54, 1.807) is 13.8 Å². The fourth-order valence-corrected chi connectivity index (χ4v) is 6.57. The zero-order chi connectivity index (χ0) is 19.2. The molecule has 2 aromatic rings. The van der Waals surface area contributed by atoms with Crippen LogP contribution in [0.25, 0.3) is 0 Å². The highest BCUT2D eigenvalue weighted by Gasteiger charge is 2.43. The number of H-pyrrole nitrogens is 1. The summed E-state index contributed by atoms with van der Waals surface area (Å²) in [6.45, 7) is 3.49. The number of aromatic amines is 1. The smallest absolute Gasteiger partial charge is 0.195 e. The number of rotatable bonds is 5. The molecule has 2 aliphatic rings. The molecule has 2 bridgehead atoms. The van der Waals surface area contributed by atoms with E-state index in [9.17, 15) is 8.42 Å². The molecule has 8 heteroatoms. The van der Waals surface area contributed by atoms with E-state index in [-0.39, 0.29) is 24.1 Å². The van der Waals surface area contributed by atoms with Crippen LogP contribution in [0.15, 0.2) is 29.2 Å². The number of hydrogen-bond donors (Lipinski definition) is 1. The minimum absolute atomic E-state index is 0.0528. The number of aryl methyl sites for hydroxylation is 2. The third-order valence-electron chi connectivity index (χ3n) is 5.65. The Morgan fingerprint density at radius 3 is 2.37 bits per heavy atom. The van der Waals surface area contributed by atoms with Gasteiger partial charge in [-0.2, -0.15) is 5.10 Å². The third-order valence-corrected chi connectivity index (χ3v) is 7.76. The SMILES string of the molecule is Cc1n[nH]c(C)c1S(=O)(=O)CN1[C@@H]2CC[C@H]1C[C@H](Oc1ccc(Cl)cc1)C2. The van der Waals surface area contributed by atoms with Gasteiger partial charge in [-0.15, -0.1) is 0 Å². The van der Waals surface area contributed by atoms with Gasteiger partial charge >= 0.3 is 0 Å². The lowest BCUT2D eigenvalue weighted by molar-refractivity contribution is 0.0609. The van der Waals surface area contributed by atoms with Gasteiger partial charge in [0, 0.05) is 17.1 Å². The minimum Gasteiger partial charge on any atom is -0.490 e. The molecule has 1 N–H and O–H groups in total. The Kier molecular flexibility index (Phi) is 4.94. The topological polar surface area (TPSA) is 75.3 Å². The zero-order valence-electron chi connectivity index (χ0n) is 15.5. The predicted octanol–water partition coefficient (Wildman–Crippen LogP) is 3.49. The van der Waals surface area contributed by atoms with Crippen molar-refractivity contribution in [3.05, 3.63) is 40.7 Å². The molecule has 2 saturated heterocycles. The molecule has 3 atom stereocenters. The van der Waals surface area contributed by atoms with Crippen LogP contribution in [0, 0.1) is 13.8 Å². The van der Waals surface area contributed by atoms with Crippen LogP contribution in [-0.4, -0.2) is 47.6 Å². The monoisotopic (exact) mass is 409 g/mol. The number of piperidine rings is 1. The number of nitrogens with zero attached hydrogens (tertiary/aromatic N) is 2. The molecule has 2 fully saturated rings. The lowest BCUT2D eigenvalue weighted by Crippen LogP contribution is -2.48. The van der Waals surface area contributed by atoms with E-state index >= 15 is 0 Å². The van der Waals surface area contributed by atoms with Gasteiger partial charge in [-0.3, -0.25) is 10.00 Å². The Morgan fingerprint density at radius 2 is 1.81 bits per heavy atom. The molecular formula is C19H24ClN3O3S. The lowest BCUT2D eigenvalue weighted by atomic mass is 10.0. The van der Waals surface area contributed by atoms with Gasteiger partial charge in [0.25, 0.3) is 0 Å². The minimum atomic E-state index is -3.41. The van der Waals surface area contributed by atoms with E-state index in [0.717, 1.165) is 31.4 Å². The number of sulfone groups is 1. The van der Waals surface area contributed by atoms with E-state index in [1.807, 2.05) is 24.3 Å². The van der Waals surface area contributed by atoms with Crippen LogP contribution in [0.1, 0.15) is 37.1 Å². The van der Waals surface area contributed by atoms with Crippen LogP contribution in [0.4, 0.5) is 0 Å². The van der Waals surface area contributed by atoms with Crippen molar-refractivity contribution in [2.24, 2.45) is 0 Å². The van der Waals surface area contributed by atoms with E-state index in [4.69, 9.17) is 16.3 Å². The number of fused-ring (bicyclic) bond motifs is 2. The molecule has 3 heterocycles. The van der Waals surface area contributed by atoms with Gasteiger partial charge in [0.15, 0.2) is 9.84 Å². The van der Waals surface area contributed by atoms with Gasteiger partial charge in [0.1, 0.15) is 22.6 Å². The van der Waals surface area contributed by atoms with Crippen LogP contribution in [0.5, 0.6) is 5.75 Å². The first-order chi connectivity index (χ1) is 12.8. The van der Waals surface area contributed by atoms with Crippen molar-refractivity contribution in [1.82, 2.24) is 15.1 Å². The molecule has 6 nitrogen and oxygen atoms in total. The molecule has 2 aliphatic heterocycles. The number of hydrogen-bond acceptors (Lipinski definition) is 5. The van der Waals surface area contributed by atoms with Crippen molar-refractivity contribution in [3.63, 3.8) is 0 Å². The van der Waals surface area contributed by atoms with Crippen molar-refractivity contribution in [2.45, 2.75) is 62.6 Å². The fourth-order valence-electron chi connectivity index (χ4n) is 4.50. The van der Waals surface area contributed by atoms with Crippen molar-refractivity contribution >= 4 is 21.4 Å². The standard InChI is InChI=1S/C19H24ClN3O3S/c1-12-19(13(2)22-21-12)27(24,25)11-23-15-5-6-16(23)10-18(9-15)26-17-7-3-14(20)4-8-17/h3-4,7-8,15-16,18H,5-6,9-11H2,1-2H3,(H,21,22)/t15-,16+,18-. The summed E-state index contributed by atoms with van der Waals surface area (Å²) in [5, 5.41) is 7.51. The molecule has 0 radical (unpaired) electrons. The van der Waals surface area contributed by atoms with E-state index < -0.39 is 9.84 Å². The Labute approximate surface area is 164 Å². The van der Waals surface area contributed by atoms with Gasteiger partial charge in [-0.1, -0.05) is 11.6 Å². The van der Waals surface area contributed by atoms with Crippen LogP contribution in [0.2, 0.25) is 5.02 Å². The Bertz CT molecular complexity index is 893. The Morgan fingerprint density at radius 1 is 1.19 bits per heavy atom. The maximum absolute atomic E-state index is 13.0. The molecule has 0 saturated carbocycles. The fraction of sp³-hybridized carbons (Fsp3) is 0.526. The molecule has 0 unspecified atom stereocenters. The number of halogens is 1. The first-order valence-corrected chi connectivity index (χ1v) is 11.3. The van der Waals surface area contributed by atoms with Crippen LogP contribution < -0.4 is 4.74 Å². The predicted molar refractivity (Wildman–Crippen MR) is 104 cm³/mol. The number of ether oxygens (including phenoxy) is 1. The molecule has 0 amide bonds. The van der Waals surface area contributed by atoms with Crippen LogP contribution in [-0.2, 0) is 9.84 Å². The van der Waals surface area contributed by atoms with Gasteiger partial charge in [0.2, 0.25) is 0 Å². The average Bonchev–Trinajstić information content (AvgIpc) is 3.05.